The second kappa shape index (κ2) is 3.01. The molecule has 2 N–H and O–H groups in total. The smallest absolute Gasteiger partial charge is 0.138 e. The molecule has 0 amide bonds. The Morgan fingerprint density at radius 1 is 1.54 bits per heavy atom. The molecule has 4 heteroatoms. The predicted molar refractivity (Wildman–Crippen MR) is 52.8 cm³/mol. The summed E-state index contributed by atoms with van der Waals surface area (Å²) in [6.45, 7) is 2.39. The number of nitrogens with two attached hydrogens (primary N) is 1. The molecular formula is C9H10ClN3. The first kappa shape index (κ1) is 8.53. The summed E-state index contributed by atoms with van der Waals surface area (Å²) in [5, 5.41) is 0.651. The Morgan fingerprint density at radius 2 is 2.31 bits per heavy atom. The minimum Gasteiger partial charge on any atom is -0.325 e. The molecule has 2 heterocycles. The molecular weight excluding hydrogens is 186 g/mol. The Morgan fingerprint density at radius 3 is 3.00 bits per heavy atom. The van der Waals surface area contributed by atoms with Crippen LogP contribution in [0.25, 0.3) is 5.65 Å². The monoisotopic (exact) mass is 195 g/mol. The number of pyridine rings is 1. The fourth-order valence-electron chi connectivity index (χ4n) is 1.46. The van der Waals surface area contributed by atoms with E-state index in [1.807, 2.05) is 29.5 Å². The van der Waals surface area contributed by atoms with Crippen molar-refractivity contribution in [2.75, 3.05) is 0 Å². The van der Waals surface area contributed by atoms with E-state index >= 15 is 0 Å². The van der Waals surface area contributed by atoms with Crippen LogP contribution in [0.4, 0.5) is 0 Å². The number of aryl methyl sites for hydroxylation is 1. The fraction of sp³-hybridized carbons (Fsp3) is 0.222. The van der Waals surface area contributed by atoms with Gasteiger partial charge >= 0.3 is 0 Å². The average molecular weight is 196 g/mol. The van der Waals surface area contributed by atoms with Crippen molar-refractivity contribution in [1.29, 1.82) is 0 Å². The normalized spacial score (nSPS) is 11.0. The minimum absolute atomic E-state index is 0.455. The van der Waals surface area contributed by atoms with Crippen molar-refractivity contribution in [2.45, 2.75) is 13.5 Å². The van der Waals surface area contributed by atoms with Crippen LogP contribution in [0, 0.1) is 6.92 Å². The van der Waals surface area contributed by atoms with Crippen molar-refractivity contribution in [3.63, 3.8) is 0 Å². The number of fused-ring (bicyclic) bond motifs is 1. The van der Waals surface area contributed by atoms with Crippen LogP contribution in [0.3, 0.4) is 0 Å². The minimum atomic E-state index is 0.455. The average Bonchev–Trinajstić information content (AvgIpc) is 2.42. The van der Waals surface area contributed by atoms with E-state index in [4.69, 9.17) is 17.3 Å². The first-order valence-corrected chi connectivity index (χ1v) is 4.44. The molecule has 0 radical (unpaired) electrons. The fourth-order valence-corrected chi connectivity index (χ4v) is 1.73. The summed E-state index contributed by atoms with van der Waals surface area (Å²) in [6, 6.07) is 5.62. The van der Waals surface area contributed by atoms with Gasteiger partial charge in [0.25, 0.3) is 0 Å². The van der Waals surface area contributed by atoms with Gasteiger partial charge < -0.3 is 5.73 Å². The maximum absolute atomic E-state index is 6.02. The van der Waals surface area contributed by atoms with E-state index in [0.29, 0.717) is 11.7 Å². The molecule has 0 saturated carbocycles. The summed E-state index contributed by atoms with van der Waals surface area (Å²) in [4.78, 5) is 4.34. The summed E-state index contributed by atoms with van der Waals surface area (Å²) < 4.78 is 1.87. The number of nitrogens with zero attached hydrogens (tertiary/aromatic N) is 2. The Hall–Kier alpha value is -1.06. The number of halogens is 1. The summed E-state index contributed by atoms with van der Waals surface area (Å²) >= 11 is 6.02. The van der Waals surface area contributed by atoms with Crippen LogP contribution in [0.5, 0.6) is 0 Å². The summed E-state index contributed by atoms with van der Waals surface area (Å²) in [5.74, 6) is 0. The van der Waals surface area contributed by atoms with Crippen LogP contribution in [0.1, 0.15) is 11.4 Å². The molecule has 0 bridgehead atoms. The summed E-state index contributed by atoms with van der Waals surface area (Å²) in [6.07, 6.45) is 0. The van der Waals surface area contributed by atoms with Crippen molar-refractivity contribution in [2.24, 2.45) is 5.73 Å². The zero-order valence-electron chi connectivity index (χ0n) is 7.29. The number of hydrogen-bond donors (Lipinski definition) is 1. The lowest BCUT2D eigenvalue weighted by molar-refractivity contribution is 0.944. The van der Waals surface area contributed by atoms with Gasteiger partial charge in [-0.25, -0.2) is 4.98 Å². The standard InChI is InChI=1S/C9H10ClN3/c1-6-7(5-11)13-8(10)3-2-4-9(13)12-6/h2-4H,5,11H2,1H3. The molecule has 0 atom stereocenters. The van der Waals surface area contributed by atoms with Gasteiger partial charge in [-0.05, 0) is 19.1 Å². The van der Waals surface area contributed by atoms with Crippen LogP contribution in [0.15, 0.2) is 18.2 Å². The maximum atomic E-state index is 6.02. The molecule has 13 heavy (non-hydrogen) atoms. The molecule has 0 spiro atoms. The first-order valence-electron chi connectivity index (χ1n) is 4.06. The Balaban J connectivity index is 2.88. The SMILES string of the molecule is Cc1nc2cccc(Cl)n2c1CN. The zero-order valence-corrected chi connectivity index (χ0v) is 8.04. The van der Waals surface area contributed by atoms with Crippen LogP contribution >= 0.6 is 11.6 Å². The number of hydrogen-bond acceptors (Lipinski definition) is 2. The van der Waals surface area contributed by atoms with Crippen molar-refractivity contribution in [3.8, 4) is 0 Å². The molecule has 0 saturated heterocycles. The van der Waals surface area contributed by atoms with Gasteiger partial charge in [0.05, 0.1) is 11.4 Å². The van der Waals surface area contributed by atoms with Crippen molar-refractivity contribution in [1.82, 2.24) is 9.38 Å². The van der Waals surface area contributed by atoms with Crippen LogP contribution in [0.2, 0.25) is 5.15 Å². The van der Waals surface area contributed by atoms with Gasteiger partial charge in [-0.1, -0.05) is 17.7 Å². The second-order valence-electron chi connectivity index (χ2n) is 2.89. The predicted octanol–water partition coefficient (Wildman–Crippen LogP) is 1.75. The highest BCUT2D eigenvalue weighted by Gasteiger charge is 2.08. The maximum Gasteiger partial charge on any atom is 0.138 e. The Bertz CT molecular complexity index is 447. The van der Waals surface area contributed by atoms with Crippen molar-refractivity contribution < 1.29 is 0 Å². The lowest BCUT2D eigenvalue weighted by Crippen LogP contribution is -2.02. The van der Waals surface area contributed by atoms with Gasteiger partial charge in [-0.2, -0.15) is 0 Å². The largest absolute Gasteiger partial charge is 0.325 e. The van der Waals surface area contributed by atoms with E-state index in [0.717, 1.165) is 17.0 Å². The highest BCUT2D eigenvalue weighted by atomic mass is 35.5. The molecule has 0 aliphatic rings. The van der Waals surface area contributed by atoms with E-state index in [1.54, 1.807) is 0 Å². The molecule has 2 aromatic heterocycles. The van der Waals surface area contributed by atoms with Gasteiger partial charge in [0, 0.05) is 6.54 Å². The molecule has 0 unspecified atom stereocenters. The number of imidazole rings is 1. The lowest BCUT2D eigenvalue weighted by atomic mass is 10.3. The highest BCUT2D eigenvalue weighted by Crippen LogP contribution is 2.17. The van der Waals surface area contributed by atoms with Gasteiger partial charge in [-0.15, -0.1) is 0 Å². The molecule has 0 aliphatic heterocycles. The Labute approximate surface area is 81.1 Å². The third kappa shape index (κ3) is 1.20. The van der Waals surface area contributed by atoms with E-state index in [-0.39, 0.29) is 0 Å². The van der Waals surface area contributed by atoms with Gasteiger partial charge in [0.2, 0.25) is 0 Å². The van der Waals surface area contributed by atoms with Gasteiger partial charge in [-0.3, -0.25) is 4.40 Å². The molecule has 2 rings (SSSR count). The van der Waals surface area contributed by atoms with Crippen LogP contribution < -0.4 is 5.73 Å². The van der Waals surface area contributed by atoms with E-state index in [2.05, 4.69) is 4.98 Å². The molecule has 0 aliphatic carbocycles. The number of rotatable bonds is 1. The lowest BCUT2D eigenvalue weighted by Gasteiger charge is -2.00. The topological polar surface area (TPSA) is 43.3 Å². The highest BCUT2D eigenvalue weighted by molar-refractivity contribution is 6.29. The van der Waals surface area contributed by atoms with Crippen LogP contribution in [-0.4, -0.2) is 9.38 Å². The third-order valence-corrected chi connectivity index (χ3v) is 2.38. The third-order valence-electron chi connectivity index (χ3n) is 2.08. The molecule has 2 aromatic rings. The molecule has 3 nitrogen and oxygen atoms in total. The molecule has 0 aromatic carbocycles. The second-order valence-corrected chi connectivity index (χ2v) is 3.28. The first-order chi connectivity index (χ1) is 6.24. The molecule has 68 valence electrons. The van der Waals surface area contributed by atoms with Crippen molar-refractivity contribution >= 4 is 17.2 Å². The summed E-state index contributed by atoms with van der Waals surface area (Å²) in [7, 11) is 0. The van der Waals surface area contributed by atoms with Crippen molar-refractivity contribution in [3.05, 3.63) is 34.7 Å². The molecule has 0 fully saturated rings. The zero-order chi connectivity index (χ0) is 9.42. The van der Waals surface area contributed by atoms with Gasteiger partial charge in [0.15, 0.2) is 0 Å². The van der Waals surface area contributed by atoms with E-state index in [1.165, 1.54) is 0 Å². The van der Waals surface area contributed by atoms with Gasteiger partial charge in [0.1, 0.15) is 10.8 Å². The quantitative estimate of drug-likeness (QED) is 0.705. The Kier molecular flexibility index (Phi) is 1.98. The number of aromatic nitrogens is 2. The van der Waals surface area contributed by atoms with Crippen LogP contribution in [-0.2, 0) is 6.54 Å². The van der Waals surface area contributed by atoms with E-state index in [9.17, 15) is 0 Å². The summed E-state index contributed by atoms with van der Waals surface area (Å²) in [5.41, 5.74) is 8.38. The van der Waals surface area contributed by atoms with E-state index < -0.39 is 0 Å².